The highest BCUT2D eigenvalue weighted by Crippen LogP contribution is 2.09. The summed E-state index contributed by atoms with van der Waals surface area (Å²) in [5, 5.41) is 5.38. The number of aromatic nitrogens is 1. The highest BCUT2D eigenvalue weighted by Gasteiger charge is 2.03. The molecule has 22 heavy (non-hydrogen) atoms. The van der Waals surface area contributed by atoms with Crippen LogP contribution in [0.5, 0.6) is 5.88 Å². The second kappa shape index (κ2) is 7.40. The lowest BCUT2D eigenvalue weighted by Crippen LogP contribution is -2.34. The van der Waals surface area contributed by atoms with Crippen LogP contribution in [0.4, 0.5) is 9.18 Å². The lowest BCUT2D eigenvalue weighted by atomic mass is 10.1. The van der Waals surface area contributed by atoms with Gasteiger partial charge in [-0.2, -0.15) is 0 Å². The maximum absolute atomic E-state index is 13.4. The van der Waals surface area contributed by atoms with Gasteiger partial charge in [0.1, 0.15) is 5.82 Å². The molecule has 0 spiro atoms. The number of carbonyl (C=O) groups is 1. The molecule has 0 saturated carbocycles. The number of pyridine rings is 1. The highest BCUT2D eigenvalue weighted by atomic mass is 19.1. The van der Waals surface area contributed by atoms with Crippen LogP contribution in [-0.2, 0) is 13.1 Å². The van der Waals surface area contributed by atoms with Crippen LogP contribution < -0.4 is 15.4 Å². The van der Waals surface area contributed by atoms with Crippen molar-refractivity contribution in [2.45, 2.75) is 20.0 Å². The Kier molecular flexibility index (Phi) is 5.30. The van der Waals surface area contributed by atoms with Gasteiger partial charge in [-0.25, -0.2) is 14.2 Å². The van der Waals surface area contributed by atoms with Crippen molar-refractivity contribution in [3.8, 4) is 5.88 Å². The van der Waals surface area contributed by atoms with Gasteiger partial charge in [0.2, 0.25) is 5.88 Å². The number of rotatable bonds is 5. The van der Waals surface area contributed by atoms with Gasteiger partial charge >= 0.3 is 6.03 Å². The first-order valence-electron chi connectivity index (χ1n) is 6.84. The molecular formula is C16H18FN3O2. The zero-order valence-electron chi connectivity index (χ0n) is 12.5. The van der Waals surface area contributed by atoms with Crippen molar-refractivity contribution in [1.29, 1.82) is 0 Å². The molecule has 1 heterocycles. The second-order valence-corrected chi connectivity index (χ2v) is 4.83. The van der Waals surface area contributed by atoms with E-state index in [0.29, 0.717) is 23.6 Å². The third-order valence-electron chi connectivity index (χ3n) is 3.15. The zero-order chi connectivity index (χ0) is 15.9. The molecule has 2 rings (SSSR count). The fourth-order valence-electron chi connectivity index (χ4n) is 1.81. The predicted molar refractivity (Wildman–Crippen MR) is 81.0 cm³/mol. The summed E-state index contributed by atoms with van der Waals surface area (Å²) >= 11 is 0. The number of amides is 2. The molecule has 6 heteroatoms. The average molecular weight is 303 g/mol. The Morgan fingerprint density at radius 2 is 1.86 bits per heavy atom. The Balaban J connectivity index is 1.78. The number of aryl methyl sites for hydroxylation is 1. The summed E-state index contributed by atoms with van der Waals surface area (Å²) in [4.78, 5) is 15.8. The first-order chi connectivity index (χ1) is 10.6. The summed E-state index contributed by atoms with van der Waals surface area (Å²) in [5.74, 6) is 0.249. The molecular weight excluding hydrogens is 285 g/mol. The zero-order valence-corrected chi connectivity index (χ0v) is 12.5. The molecule has 0 unspecified atom stereocenters. The highest BCUT2D eigenvalue weighted by molar-refractivity contribution is 5.73. The van der Waals surface area contributed by atoms with Crippen molar-refractivity contribution in [3.63, 3.8) is 0 Å². The smallest absolute Gasteiger partial charge is 0.315 e. The summed E-state index contributed by atoms with van der Waals surface area (Å²) in [5.41, 5.74) is 2.15. The summed E-state index contributed by atoms with van der Waals surface area (Å²) in [7, 11) is 1.54. The maximum Gasteiger partial charge on any atom is 0.315 e. The fourth-order valence-corrected chi connectivity index (χ4v) is 1.81. The van der Waals surface area contributed by atoms with Gasteiger partial charge in [0, 0.05) is 25.4 Å². The SMILES string of the molecule is COc1ccc(CNC(=O)NCc2ccc(C)c(F)c2)cn1. The number of methoxy groups -OCH3 is 1. The van der Waals surface area contributed by atoms with Gasteiger partial charge in [0.05, 0.1) is 7.11 Å². The van der Waals surface area contributed by atoms with Crippen LogP contribution in [0.25, 0.3) is 0 Å². The van der Waals surface area contributed by atoms with E-state index >= 15 is 0 Å². The molecule has 0 saturated heterocycles. The van der Waals surface area contributed by atoms with Crippen molar-refractivity contribution in [2.24, 2.45) is 0 Å². The Morgan fingerprint density at radius 3 is 2.45 bits per heavy atom. The van der Waals surface area contributed by atoms with Gasteiger partial charge in [0.15, 0.2) is 0 Å². The van der Waals surface area contributed by atoms with Gasteiger partial charge in [-0.3, -0.25) is 0 Å². The van der Waals surface area contributed by atoms with E-state index in [1.165, 1.54) is 6.07 Å². The van der Waals surface area contributed by atoms with E-state index in [4.69, 9.17) is 4.74 Å². The van der Waals surface area contributed by atoms with Gasteiger partial charge in [-0.1, -0.05) is 18.2 Å². The number of urea groups is 1. The summed E-state index contributed by atoms with van der Waals surface area (Å²) in [6.45, 7) is 2.32. The predicted octanol–water partition coefficient (Wildman–Crippen LogP) is 2.54. The summed E-state index contributed by atoms with van der Waals surface area (Å²) in [6, 6.07) is 8.12. The van der Waals surface area contributed by atoms with E-state index in [1.807, 2.05) is 6.07 Å². The van der Waals surface area contributed by atoms with Crippen LogP contribution in [0, 0.1) is 12.7 Å². The van der Waals surface area contributed by atoms with Gasteiger partial charge in [-0.15, -0.1) is 0 Å². The third kappa shape index (κ3) is 4.44. The molecule has 0 atom stereocenters. The van der Waals surface area contributed by atoms with Crippen LogP contribution in [0.3, 0.4) is 0 Å². The molecule has 0 fully saturated rings. The Bertz CT molecular complexity index is 644. The van der Waals surface area contributed by atoms with Crippen molar-refractivity contribution < 1.29 is 13.9 Å². The normalized spacial score (nSPS) is 10.1. The summed E-state index contributed by atoms with van der Waals surface area (Å²) in [6.07, 6.45) is 1.63. The van der Waals surface area contributed by atoms with Crippen LogP contribution in [-0.4, -0.2) is 18.1 Å². The Labute approximate surface area is 128 Å². The number of hydrogen-bond donors (Lipinski definition) is 2. The monoisotopic (exact) mass is 303 g/mol. The first kappa shape index (κ1) is 15.8. The summed E-state index contributed by atoms with van der Waals surface area (Å²) < 4.78 is 18.3. The molecule has 2 amide bonds. The quantitative estimate of drug-likeness (QED) is 0.892. The van der Waals surface area contributed by atoms with E-state index in [0.717, 1.165) is 5.56 Å². The number of benzene rings is 1. The van der Waals surface area contributed by atoms with Crippen LogP contribution >= 0.6 is 0 Å². The fraction of sp³-hybridized carbons (Fsp3) is 0.250. The molecule has 0 radical (unpaired) electrons. The minimum absolute atomic E-state index is 0.268. The molecule has 0 aliphatic rings. The van der Waals surface area contributed by atoms with Crippen molar-refractivity contribution in [3.05, 3.63) is 59.0 Å². The third-order valence-corrected chi connectivity index (χ3v) is 3.15. The lowest BCUT2D eigenvalue weighted by molar-refractivity contribution is 0.240. The van der Waals surface area contributed by atoms with Gasteiger partial charge < -0.3 is 15.4 Å². The van der Waals surface area contributed by atoms with Gasteiger partial charge in [-0.05, 0) is 29.7 Å². The molecule has 0 aliphatic carbocycles. The number of hydrogen-bond acceptors (Lipinski definition) is 3. The van der Waals surface area contributed by atoms with E-state index in [9.17, 15) is 9.18 Å². The second-order valence-electron chi connectivity index (χ2n) is 4.83. The minimum Gasteiger partial charge on any atom is -0.481 e. The molecule has 5 nitrogen and oxygen atoms in total. The number of nitrogens with one attached hydrogen (secondary N) is 2. The van der Waals surface area contributed by atoms with E-state index in [2.05, 4.69) is 15.6 Å². The number of halogens is 1. The van der Waals surface area contributed by atoms with E-state index in [1.54, 1.807) is 38.4 Å². The van der Waals surface area contributed by atoms with Crippen molar-refractivity contribution in [1.82, 2.24) is 15.6 Å². The molecule has 2 aromatic rings. The molecule has 2 N–H and O–H groups in total. The van der Waals surface area contributed by atoms with Crippen LogP contribution in [0.15, 0.2) is 36.5 Å². The number of ether oxygens (including phenoxy) is 1. The van der Waals surface area contributed by atoms with Crippen molar-refractivity contribution in [2.75, 3.05) is 7.11 Å². The van der Waals surface area contributed by atoms with Gasteiger partial charge in [0.25, 0.3) is 0 Å². The average Bonchev–Trinajstić information content (AvgIpc) is 2.54. The molecule has 0 aliphatic heterocycles. The Hall–Kier alpha value is -2.63. The van der Waals surface area contributed by atoms with Crippen LogP contribution in [0.1, 0.15) is 16.7 Å². The number of nitrogens with zero attached hydrogens (tertiary/aromatic N) is 1. The Morgan fingerprint density at radius 1 is 1.18 bits per heavy atom. The minimum atomic E-state index is -0.322. The molecule has 116 valence electrons. The van der Waals surface area contributed by atoms with E-state index in [-0.39, 0.29) is 18.4 Å². The molecule has 1 aromatic carbocycles. The first-order valence-corrected chi connectivity index (χ1v) is 6.84. The van der Waals surface area contributed by atoms with Crippen LogP contribution in [0.2, 0.25) is 0 Å². The topological polar surface area (TPSA) is 63.2 Å². The molecule has 1 aromatic heterocycles. The molecule has 0 bridgehead atoms. The van der Waals surface area contributed by atoms with Crippen molar-refractivity contribution >= 4 is 6.03 Å². The largest absolute Gasteiger partial charge is 0.481 e. The van der Waals surface area contributed by atoms with E-state index < -0.39 is 0 Å². The maximum atomic E-state index is 13.4. The number of carbonyl (C=O) groups excluding carboxylic acids is 1. The standard InChI is InChI=1S/C16H18FN3O2/c1-11-3-4-12(7-14(11)17)8-19-16(21)20-10-13-5-6-15(22-2)18-9-13/h3-7,9H,8,10H2,1-2H3,(H2,19,20,21). The lowest BCUT2D eigenvalue weighted by Gasteiger charge is -2.08.